The molecule has 0 radical (unpaired) electrons. The summed E-state index contributed by atoms with van der Waals surface area (Å²) in [5.41, 5.74) is 2.17. The molecule has 1 spiro atoms. The van der Waals surface area contributed by atoms with Crippen molar-refractivity contribution in [2.75, 3.05) is 13.7 Å². The van der Waals surface area contributed by atoms with Crippen LogP contribution in [0.15, 0.2) is 24.3 Å². The summed E-state index contributed by atoms with van der Waals surface area (Å²) in [7, 11) is 1.63. The number of carbonyl (C=O) groups is 1. The van der Waals surface area contributed by atoms with Gasteiger partial charge in [-0.2, -0.15) is 0 Å². The lowest BCUT2D eigenvalue weighted by Crippen LogP contribution is -2.61. The molecule has 0 aromatic rings. The van der Waals surface area contributed by atoms with Gasteiger partial charge in [-0.15, -0.1) is 0 Å². The first-order valence-corrected chi connectivity index (χ1v) is 20.1. The molecule has 0 aromatic carbocycles. The molecular weight excluding hydrogens is 672 g/mol. The largest absolute Gasteiger partial charge is 0.394 e. The Labute approximate surface area is 306 Å². The van der Waals surface area contributed by atoms with Gasteiger partial charge >= 0.3 is 0 Å². The van der Waals surface area contributed by atoms with E-state index in [4.69, 9.17) is 42.6 Å². The molecule has 12 heteroatoms. The van der Waals surface area contributed by atoms with E-state index in [1.54, 1.807) is 7.11 Å². The summed E-state index contributed by atoms with van der Waals surface area (Å²) in [6, 6.07) is 0. The molecule has 52 heavy (non-hydrogen) atoms. The van der Waals surface area contributed by atoms with E-state index >= 15 is 0 Å². The van der Waals surface area contributed by atoms with Crippen molar-refractivity contribution < 1.29 is 57.6 Å². The number of aliphatic hydroxyl groups excluding tert-OH is 2. The van der Waals surface area contributed by atoms with Gasteiger partial charge in [0, 0.05) is 51.6 Å². The lowest BCUT2D eigenvalue weighted by atomic mass is 9.81. The fourth-order valence-corrected chi connectivity index (χ4v) is 11.3. The van der Waals surface area contributed by atoms with Gasteiger partial charge in [0.2, 0.25) is 0 Å². The Kier molecular flexibility index (Phi) is 10.0. The van der Waals surface area contributed by atoms with Crippen LogP contribution in [0.3, 0.4) is 0 Å². The van der Waals surface area contributed by atoms with Gasteiger partial charge in [-0.25, -0.2) is 0 Å². The van der Waals surface area contributed by atoms with Crippen molar-refractivity contribution in [1.29, 1.82) is 0 Å². The summed E-state index contributed by atoms with van der Waals surface area (Å²) < 4.78 is 59.8. The van der Waals surface area contributed by atoms with Crippen LogP contribution >= 0.6 is 0 Å². The zero-order chi connectivity index (χ0) is 35.9. The van der Waals surface area contributed by atoms with Crippen LogP contribution in [0.2, 0.25) is 0 Å². The molecule has 10 aliphatic rings. The van der Waals surface area contributed by atoms with Crippen molar-refractivity contribution in [1.82, 2.24) is 0 Å². The second-order valence-corrected chi connectivity index (χ2v) is 17.4. The Morgan fingerprint density at radius 1 is 0.788 bits per heavy atom. The van der Waals surface area contributed by atoms with Gasteiger partial charge in [-0.05, 0) is 62.0 Å². The zero-order valence-electron chi connectivity index (χ0n) is 30.7. The highest BCUT2D eigenvalue weighted by Gasteiger charge is 2.68. The van der Waals surface area contributed by atoms with Crippen molar-refractivity contribution in [2.45, 2.75) is 194 Å². The van der Waals surface area contributed by atoms with Gasteiger partial charge in [0.1, 0.15) is 36.3 Å². The minimum absolute atomic E-state index is 0.0260. The van der Waals surface area contributed by atoms with E-state index in [2.05, 4.69) is 20.1 Å². The SMILES string of the molecule is C=C1CC2CC[C@@]34C[C@H]5O[C@H]6C(O3)[C@H]3O[C@H](CCC3O[C@H]6C5O4)CC(=O)CC3[C@@H](OC)C(C[C@H](O)CO)O[C@H]3CC3O[C@@H](CCC1O2)CC(C)C3=C. The summed E-state index contributed by atoms with van der Waals surface area (Å²) in [5.74, 6) is -0.709. The first-order valence-electron chi connectivity index (χ1n) is 20.1. The molecule has 12 bridgehead atoms. The van der Waals surface area contributed by atoms with Crippen molar-refractivity contribution in [3.8, 4) is 0 Å². The van der Waals surface area contributed by atoms with Gasteiger partial charge in [0.25, 0.3) is 0 Å². The summed E-state index contributed by atoms with van der Waals surface area (Å²) in [6.07, 6.45) is 4.01. The Morgan fingerprint density at radius 3 is 2.37 bits per heavy atom. The number of ketones is 1. The molecule has 10 fully saturated rings. The van der Waals surface area contributed by atoms with Crippen LogP contribution in [0, 0.1) is 11.8 Å². The Hall–Kier alpha value is -1.29. The summed E-state index contributed by atoms with van der Waals surface area (Å²) in [6.45, 7) is 10.7. The Bertz CT molecular complexity index is 1370. The third-order valence-electron chi connectivity index (χ3n) is 13.9. The molecule has 10 heterocycles. The summed E-state index contributed by atoms with van der Waals surface area (Å²) in [5, 5.41) is 20.1. The van der Waals surface area contributed by atoms with Crippen LogP contribution in [0.5, 0.6) is 0 Å². The molecule has 12 nitrogen and oxygen atoms in total. The lowest BCUT2D eigenvalue weighted by Gasteiger charge is -2.47. The van der Waals surface area contributed by atoms with Crippen LogP contribution in [0.1, 0.15) is 90.4 Å². The monoisotopic (exact) mass is 730 g/mol. The van der Waals surface area contributed by atoms with E-state index in [1.165, 1.54) is 0 Å². The fourth-order valence-electron chi connectivity index (χ4n) is 11.3. The maximum Gasteiger partial charge on any atom is 0.172 e. The predicted molar refractivity (Wildman–Crippen MR) is 184 cm³/mol. The molecule has 19 atom stereocenters. The van der Waals surface area contributed by atoms with E-state index in [-0.39, 0.29) is 123 Å². The molecule has 9 unspecified atom stereocenters. The number of ether oxygens (including phenoxy) is 9. The molecule has 0 aromatic heterocycles. The van der Waals surface area contributed by atoms with Gasteiger partial charge in [-0.3, -0.25) is 4.79 Å². The van der Waals surface area contributed by atoms with E-state index in [9.17, 15) is 15.0 Å². The highest BCUT2D eigenvalue weighted by Crippen LogP contribution is 2.54. The molecule has 0 amide bonds. The minimum Gasteiger partial charge on any atom is -0.394 e. The van der Waals surface area contributed by atoms with Crippen LogP contribution in [-0.2, 0) is 47.4 Å². The quantitative estimate of drug-likeness (QED) is 0.410. The van der Waals surface area contributed by atoms with Crippen molar-refractivity contribution in [3.05, 3.63) is 24.3 Å². The highest BCUT2D eigenvalue weighted by molar-refractivity contribution is 5.79. The Morgan fingerprint density at radius 2 is 1.54 bits per heavy atom. The third-order valence-corrected chi connectivity index (χ3v) is 13.9. The molecule has 0 aliphatic carbocycles. The number of aliphatic hydroxyl groups is 2. The maximum absolute atomic E-state index is 14.0. The van der Waals surface area contributed by atoms with Crippen LogP contribution in [-0.4, -0.2) is 133 Å². The number of hydrogen-bond donors (Lipinski definition) is 2. The smallest absolute Gasteiger partial charge is 0.172 e. The zero-order valence-corrected chi connectivity index (χ0v) is 30.7. The normalized spacial score (nSPS) is 52.4. The van der Waals surface area contributed by atoms with Gasteiger partial charge in [0.15, 0.2) is 5.79 Å². The van der Waals surface area contributed by atoms with Crippen molar-refractivity contribution in [2.24, 2.45) is 11.8 Å². The number of carbonyl (C=O) groups excluding carboxylic acids is 1. The summed E-state index contributed by atoms with van der Waals surface area (Å²) in [4.78, 5) is 14.0. The highest BCUT2D eigenvalue weighted by atomic mass is 16.8. The van der Waals surface area contributed by atoms with Gasteiger partial charge in [0.05, 0.1) is 73.8 Å². The number of fused-ring (bicyclic) bond motifs is 6. The number of methoxy groups -OCH3 is 1. The molecule has 290 valence electrons. The number of hydrogen-bond acceptors (Lipinski definition) is 12. The standard InChI is InChI=1S/C40H58O12/c1-19-11-24-5-7-28-20(2)12-26(45-28)9-10-40-17-33-36(51-40)37-38(50-33)39(52-40)35-29(49-37)8-6-25(47-35)13-22(42)14-27-31(16-30(46-24)21(19)3)48-32(34(27)44-4)15-23(43)18-41/h19,23-39,41,43H,2-3,5-18H2,1,4H3/t19?,23-,24-,25+,26?,27?,28?,29?,30?,31-,32?,33+,34+,35-,36?,37-,38+,39?,40-/m0/s1. The second kappa shape index (κ2) is 14.3. The minimum atomic E-state index is -0.951. The third kappa shape index (κ3) is 6.59. The molecule has 2 N–H and O–H groups in total. The number of rotatable bonds is 4. The topological polar surface area (TPSA) is 141 Å². The van der Waals surface area contributed by atoms with Crippen LogP contribution < -0.4 is 0 Å². The lowest BCUT2D eigenvalue weighted by molar-refractivity contribution is -0.292. The molecular formula is C40H58O12. The van der Waals surface area contributed by atoms with Crippen LogP contribution in [0.4, 0.5) is 0 Å². The second-order valence-electron chi connectivity index (χ2n) is 17.4. The van der Waals surface area contributed by atoms with Gasteiger partial charge < -0.3 is 52.8 Å². The first kappa shape index (κ1) is 36.4. The van der Waals surface area contributed by atoms with E-state index in [0.29, 0.717) is 25.7 Å². The predicted octanol–water partition coefficient (Wildman–Crippen LogP) is 3.47. The van der Waals surface area contributed by atoms with Crippen molar-refractivity contribution >= 4 is 5.78 Å². The maximum atomic E-state index is 14.0. The molecule has 10 aliphatic heterocycles. The van der Waals surface area contributed by atoms with Gasteiger partial charge in [-0.1, -0.05) is 20.1 Å². The Balaban J connectivity index is 0.994. The molecule has 10 saturated heterocycles. The van der Waals surface area contributed by atoms with Crippen molar-refractivity contribution in [3.63, 3.8) is 0 Å². The van der Waals surface area contributed by atoms with E-state index in [1.807, 2.05) is 0 Å². The fraction of sp³-hybridized carbons (Fsp3) is 0.875. The molecule has 10 rings (SSSR count). The molecule has 0 saturated carbocycles. The average Bonchev–Trinajstić information content (AvgIpc) is 3.79. The first-order chi connectivity index (χ1) is 25.1. The average molecular weight is 731 g/mol. The summed E-state index contributed by atoms with van der Waals surface area (Å²) >= 11 is 0. The van der Waals surface area contributed by atoms with E-state index < -0.39 is 24.1 Å². The number of Topliss-reactive ketones (excluding diaryl/α,β-unsaturated/α-hetero) is 1. The van der Waals surface area contributed by atoms with E-state index in [0.717, 1.165) is 49.7 Å². The van der Waals surface area contributed by atoms with Crippen LogP contribution in [0.25, 0.3) is 0 Å².